The molecule has 1 rings (SSSR count). The van der Waals surface area contributed by atoms with Gasteiger partial charge < -0.3 is 5.32 Å². The lowest BCUT2D eigenvalue weighted by Crippen LogP contribution is -2.33. The smallest absolute Gasteiger partial charge is 0.324 e. The van der Waals surface area contributed by atoms with Crippen LogP contribution in [0, 0.1) is 0 Å². The van der Waals surface area contributed by atoms with Gasteiger partial charge in [-0.1, -0.05) is 6.92 Å². The normalized spacial score (nSPS) is 23.6. The lowest BCUT2D eigenvalue weighted by atomic mass is 10.3. The van der Waals surface area contributed by atoms with Crippen LogP contribution in [0.5, 0.6) is 0 Å². The van der Waals surface area contributed by atoms with Crippen molar-refractivity contribution < 1.29 is 9.59 Å². The summed E-state index contributed by atoms with van der Waals surface area (Å²) in [6.07, 6.45) is 0.389. The van der Waals surface area contributed by atoms with Crippen LogP contribution in [0.2, 0.25) is 0 Å². The number of nitrogens with zero attached hydrogens (tertiary/aromatic N) is 1. The van der Waals surface area contributed by atoms with Gasteiger partial charge in [-0.2, -0.15) is 0 Å². The van der Waals surface area contributed by atoms with Crippen molar-refractivity contribution in [1.82, 2.24) is 10.2 Å². The van der Waals surface area contributed by atoms with Gasteiger partial charge >= 0.3 is 6.03 Å². The molecule has 4 nitrogen and oxygen atoms in total. The van der Waals surface area contributed by atoms with E-state index < -0.39 is 0 Å². The van der Waals surface area contributed by atoms with Crippen LogP contribution in [0.15, 0.2) is 0 Å². The first kappa shape index (κ1) is 8.04. The van der Waals surface area contributed by atoms with E-state index in [4.69, 9.17) is 0 Å². The van der Waals surface area contributed by atoms with Gasteiger partial charge in [0.15, 0.2) is 0 Å². The van der Waals surface area contributed by atoms with Gasteiger partial charge in [-0.3, -0.25) is 9.69 Å². The number of hydrogen-bond donors (Lipinski definition) is 1. The Labute approximate surface area is 65.6 Å². The van der Waals surface area contributed by atoms with Crippen molar-refractivity contribution in [3.8, 4) is 0 Å². The molecule has 1 heterocycles. The number of amides is 3. The van der Waals surface area contributed by atoms with Gasteiger partial charge in [0.1, 0.15) is 0 Å². The minimum absolute atomic E-state index is 0.0954. The quantitative estimate of drug-likeness (QED) is 0.595. The fourth-order valence-corrected chi connectivity index (χ4v) is 1.10. The summed E-state index contributed by atoms with van der Waals surface area (Å²) in [6, 6.07) is -0.164. The monoisotopic (exact) mass is 156 g/mol. The summed E-state index contributed by atoms with van der Waals surface area (Å²) in [5.74, 6) is -0.105. The zero-order valence-electron chi connectivity index (χ0n) is 6.76. The van der Waals surface area contributed by atoms with Gasteiger partial charge in [0, 0.05) is 12.5 Å². The first-order chi connectivity index (χ1) is 5.15. The highest BCUT2D eigenvalue weighted by atomic mass is 16.2. The van der Waals surface area contributed by atoms with Gasteiger partial charge in [-0.25, -0.2) is 4.79 Å². The maximum atomic E-state index is 11.0. The predicted molar refractivity (Wildman–Crippen MR) is 40.0 cm³/mol. The van der Waals surface area contributed by atoms with Crippen molar-refractivity contribution >= 4 is 11.9 Å². The average Bonchev–Trinajstić information content (AvgIpc) is 2.28. The lowest BCUT2D eigenvalue weighted by Gasteiger charge is -2.09. The number of hydrogen-bond acceptors (Lipinski definition) is 2. The van der Waals surface area contributed by atoms with Crippen molar-refractivity contribution in [3.05, 3.63) is 0 Å². The van der Waals surface area contributed by atoms with Crippen molar-refractivity contribution in [3.63, 3.8) is 0 Å². The van der Waals surface area contributed by atoms with Crippen LogP contribution in [-0.4, -0.2) is 29.4 Å². The summed E-state index contributed by atoms with van der Waals surface area (Å²) in [6.45, 7) is 4.13. The van der Waals surface area contributed by atoms with Crippen LogP contribution in [0.3, 0.4) is 0 Å². The van der Waals surface area contributed by atoms with E-state index in [9.17, 15) is 9.59 Å². The zero-order valence-corrected chi connectivity index (χ0v) is 6.76. The second kappa shape index (κ2) is 2.90. The Bertz CT molecular complexity index is 183. The van der Waals surface area contributed by atoms with E-state index in [2.05, 4.69) is 5.32 Å². The first-order valence-corrected chi connectivity index (χ1v) is 3.76. The summed E-state index contributed by atoms with van der Waals surface area (Å²) in [5.41, 5.74) is 0. The molecule has 3 amide bonds. The number of carbonyl (C=O) groups excluding carboxylic acids is 2. The molecule has 0 aromatic heterocycles. The Morgan fingerprint density at radius 1 is 1.82 bits per heavy atom. The third kappa shape index (κ3) is 1.50. The Morgan fingerprint density at radius 2 is 2.45 bits per heavy atom. The van der Waals surface area contributed by atoms with Crippen molar-refractivity contribution in [1.29, 1.82) is 0 Å². The van der Waals surface area contributed by atoms with Gasteiger partial charge in [-0.15, -0.1) is 0 Å². The van der Waals surface area contributed by atoms with Gasteiger partial charge in [0.2, 0.25) is 5.91 Å². The molecule has 0 saturated carbocycles. The Kier molecular flexibility index (Phi) is 2.12. The zero-order chi connectivity index (χ0) is 8.43. The highest BCUT2D eigenvalue weighted by Gasteiger charge is 2.29. The fourth-order valence-electron chi connectivity index (χ4n) is 1.10. The molecule has 1 fully saturated rings. The average molecular weight is 156 g/mol. The van der Waals surface area contributed by atoms with E-state index >= 15 is 0 Å². The van der Waals surface area contributed by atoms with E-state index in [1.807, 2.05) is 6.92 Å². The highest BCUT2D eigenvalue weighted by Crippen LogP contribution is 2.04. The molecular weight excluding hydrogens is 144 g/mol. The molecule has 0 aromatic rings. The molecule has 1 unspecified atom stereocenters. The van der Waals surface area contributed by atoms with Crippen molar-refractivity contribution in [2.75, 3.05) is 6.54 Å². The third-order valence-corrected chi connectivity index (χ3v) is 1.67. The molecule has 0 bridgehead atoms. The standard InChI is InChI=1S/C7H12N2O2/c1-3-6(10)9-4-5(2)8-7(9)11/h5H,3-4H2,1-2H3,(H,8,11). The SMILES string of the molecule is CCC(=O)N1CC(C)NC1=O. The molecule has 1 atom stereocenters. The highest BCUT2D eigenvalue weighted by molar-refractivity contribution is 5.95. The molecule has 0 spiro atoms. The molecule has 1 N–H and O–H groups in total. The van der Waals surface area contributed by atoms with Crippen molar-refractivity contribution in [2.24, 2.45) is 0 Å². The van der Waals surface area contributed by atoms with E-state index in [-0.39, 0.29) is 18.0 Å². The summed E-state index contributed by atoms with van der Waals surface area (Å²) in [4.78, 5) is 23.3. The molecule has 1 aliphatic rings. The molecule has 1 saturated heterocycles. The molecule has 11 heavy (non-hydrogen) atoms. The summed E-state index contributed by atoms with van der Waals surface area (Å²) < 4.78 is 0. The molecule has 62 valence electrons. The number of urea groups is 1. The Hall–Kier alpha value is -1.06. The summed E-state index contributed by atoms with van der Waals surface area (Å²) in [7, 11) is 0. The first-order valence-electron chi connectivity index (χ1n) is 3.76. The van der Waals surface area contributed by atoms with Crippen molar-refractivity contribution in [2.45, 2.75) is 26.3 Å². The van der Waals surface area contributed by atoms with Crippen LogP contribution >= 0.6 is 0 Å². The molecule has 0 aliphatic carbocycles. The second-order valence-electron chi connectivity index (χ2n) is 2.71. The number of rotatable bonds is 1. The van der Waals surface area contributed by atoms with Crippen LogP contribution < -0.4 is 5.32 Å². The van der Waals surface area contributed by atoms with Crippen LogP contribution in [0.4, 0.5) is 4.79 Å². The van der Waals surface area contributed by atoms with Gasteiger partial charge in [-0.05, 0) is 6.92 Å². The summed E-state index contributed by atoms with van der Waals surface area (Å²) in [5, 5.41) is 2.65. The second-order valence-corrected chi connectivity index (χ2v) is 2.71. The van der Waals surface area contributed by atoms with Crippen LogP contribution in [-0.2, 0) is 4.79 Å². The van der Waals surface area contributed by atoms with Crippen LogP contribution in [0.1, 0.15) is 20.3 Å². The molecule has 0 aromatic carbocycles. The van der Waals surface area contributed by atoms with E-state index in [1.165, 1.54) is 4.90 Å². The maximum Gasteiger partial charge on any atom is 0.324 e. The fraction of sp³-hybridized carbons (Fsp3) is 0.714. The predicted octanol–water partition coefficient (Wildman–Crippen LogP) is 0.337. The summed E-state index contributed by atoms with van der Waals surface area (Å²) >= 11 is 0. The van der Waals surface area contributed by atoms with Gasteiger partial charge in [0.05, 0.1) is 6.54 Å². The molecule has 1 aliphatic heterocycles. The number of nitrogens with one attached hydrogen (secondary N) is 1. The minimum atomic E-state index is -0.260. The Morgan fingerprint density at radius 3 is 2.82 bits per heavy atom. The third-order valence-electron chi connectivity index (χ3n) is 1.67. The molecule has 4 heteroatoms. The maximum absolute atomic E-state index is 11.0. The lowest BCUT2D eigenvalue weighted by molar-refractivity contribution is -0.127. The topological polar surface area (TPSA) is 49.4 Å². The molecular formula is C7H12N2O2. The van der Waals surface area contributed by atoms with E-state index in [1.54, 1.807) is 6.92 Å². The minimum Gasteiger partial charge on any atom is -0.333 e. The molecule has 0 radical (unpaired) electrons. The van der Waals surface area contributed by atoms with Crippen LogP contribution in [0.25, 0.3) is 0 Å². The Balaban J connectivity index is 2.60. The van der Waals surface area contributed by atoms with Gasteiger partial charge in [0.25, 0.3) is 0 Å². The number of carbonyl (C=O) groups is 2. The largest absolute Gasteiger partial charge is 0.333 e. The van der Waals surface area contributed by atoms with E-state index in [0.29, 0.717) is 13.0 Å². The van der Waals surface area contributed by atoms with E-state index in [0.717, 1.165) is 0 Å². The number of imide groups is 1.